The van der Waals surface area contributed by atoms with Gasteiger partial charge in [0.15, 0.2) is 5.82 Å². The van der Waals surface area contributed by atoms with E-state index in [0.29, 0.717) is 18.3 Å². The van der Waals surface area contributed by atoms with E-state index in [2.05, 4.69) is 16.2 Å². The highest BCUT2D eigenvalue weighted by molar-refractivity contribution is 5.94. The quantitative estimate of drug-likeness (QED) is 0.916. The lowest BCUT2D eigenvalue weighted by Crippen LogP contribution is -2.44. The van der Waals surface area contributed by atoms with Crippen LogP contribution in [0.1, 0.15) is 71.2 Å². The second kappa shape index (κ2) is 6.50. The summed E-state index contributed by atoms with van der Waals surface area (Å²) in [5.41, 5.74) is 8.86. The van der Waals surface area contributed by atoms with Crippen molar-refractivity contribution < 1.29 is 9.32 Å². The van der Waals surface area contributed by atoms with Gasteiger partial charge in [-0.1, -0.05) is 22.3 Å². The zero-order valence-corrected chi connectivity index (χ0v) is 15.5. The van der Waals surface area contributed by atoms with E-state index in [1.807, 2.05) is 30.9 Å². The second-order valence-corrected chi connectivity index (χ2v) is 7.93. The van der Waals surface area contributed by atoms with Crippen LogP contribution in [0.3, 0.4) is 0 Å². The molecule has 6 nitrogen and oxygen atoms in total. The number of aromatic nitrogens is 2. The number of nitrogens with two attached hydrogens (primary N) is 1. The van der Waals surface area contributed by atoms with Gasteiger partial charge in [-0.25, -0.2) is 0 Å². The third-order valence-corrected chi connectivity index (χ3v) is 5.66. The molecule has 0 radical (unpaired) electrons. The summed E-state index contributed by atoms with van der Waals surface area (Å²) in [6, 6.07) is 6.00. The highest BCUT2D eigenvalue weighted by Crippen LogP contribution is 2.38. The van der Waals surface area contributed by atoms with Crippen LogP contribution >= 0.6 is 0 Å². The number of aryl methyl sites for hydroxylation is 2. The standard InChI is InChI=1S/C20H26N4O2/c1-13-9-14(2)11-16(10-13)18(25)24-8-3-5-15(12-24)17-22-19(23-26-17)20(21)6-4-7-20/h9-11,15H,3-8,12,21H2,1-2H3. The Balaban J connectivity index is 1.50. The van der Waals surface area contributed by atoms with Gasteiger partial charge in [0.05, 0.1) is 11.5 Å². The van der Waals surface area contributed by atoms with Gasteiger partial charge in [-0.05, 0) is 58.1 Å². The molecule has 1 saturated heterocycles. The highest BCUT2D eigenvalue weighted by atomic mass is 16.5. The normalized spacial score (nSPS) is 22.1. The molecular formula is C20H26N4O2. The Morgan fingerprint density at radius 3 is 2.62 bits per heavy atom. The molecule has 4 rings (SSSR count). The van der Waals surface area contributed by atoms with Crippen LogP contribution in [0, 0.1) is 13.8 Å². The zero-order valence-electron chi connectivity index (χ0n) is 15.5. The fraction of sp³-hybridized carbons (Fsp3) is 0.550. The first-order valence-corrected chi connectivity index (χ1v) is 9.45. The van der Waals surface area contributed by atoms with Gasteiger partial charge in [0.1, 0.15) is 0 Å². The van der Waals surface area contributed by atoms with Crippen LogP contribution in [0.4, 0.5) is 0 Å². The topological polar surface area (TPSA) is 85.2 Å². The van der Waals surface area contributed by atoms with E-state index in [0.717, 1.165) is 55.3 Å². The predicted octanol–water partition coefficient (Wildman–Crippen LogP) is 3.04. The Labute approximate surface area is 153 Å². The Bertz CT molecular complexity index is 805. The summed E-state index contributed by atoms with van der Waals surface area (Å²) in [6.07, 6.45) is 4.83. The second-order valence-electron chi connectivity index (χ2n) is 7.93. The summed E-state index contributed by atoms with van der Waals surface area (Å²) in [7, 11) is 0. The molecular weight excluding hydrogens is 328 g/mol. The minimum absolute atomic E-state index is 0.0792. The number of nitrogens with zero attached hydrogens (tertiary/aromatic N) is 3. The van der Waals surface area contributed by atoms with Crippen LogP contribution in [0.15, 0.2) is 22.7 Å². The largest absolute Gasteiger partial charge is 0.339 e. The van der Waals surface area contributed by atoms with Gasteiger partial charge in [0.2, 0.25) is 5.89 Å². The number of benzene rings is 1. The molecule has 2 fully saturated rings. The van der Waals surface area contributed by atoms with E-state index >= 15 is 0 Å². The van der Waals surface area contributed by atoms with Gasteiger partial charge in [-0.2, -0.15) is 4.98 Å². The fourth-order valence-electron chi connectivity index (χ4n) is 4.03. The Hall–Kier alpha value is -2.21. The van der Waals surface area contributed by atoms with E-state index in [-0.39, 0.29) is 11.8 Å². The molecule has 1 aliphatic carbocycles. The average Bonchev–Trinajstić information content (AvgIpc) is 3.09. The van der Waals surface area contributed by atoms with E-state index in [1.165, 1.54) is 0 Å². The van der Waals surface area contributed by atoms with Crippen LogP contribution < -0.4 is 5.73 Å². The minimum atomic E-state index is -0.412. The number of rotatable bonds is 3. The molecule has 6 heteroatoms. The summed E-state index contributed by atoms with van der Waals surface area (Å²) in [5.74, 6) is 1.41. The van der Waals surface area contributed by atoms with E-state index in [4.69, 9.17) is 10.3 Å². The molecule has 2 aliphatic rings. The molecule has 2 heterocycles. The van der Waals surface area contributed by atoms with Crippen LogP contribution in [0.5, 0.6) is 0 Å². The molecule has 1 aromatic heterocycles. The number of piperidine rings is 1. The Kier molecular flexibility index (Phi) is 4.31. The molecule has 1 amide bonds. The first-order valence-electron chi connectivity index (χ1n) is 9.45. The molecule has 2 aromatic rings. The van der Waals surface area contributed by atoms with E-state index < -0.39 is 5.54 Å². The molecule has 1 aromatic carbocycles. The van der Waals surface area contributed by atoms with Gasteiger partial charge >= 0.3 is 0 Å². The van der Waals surface area contributed by atoms with Crippen molar-refractivity contribution in [3.05, 3.63) is 46.6 Å². The number of hydrogen-bond acceptors (Lipinski definition) is 5. The lowest BCUT2D eigenvalue weighted by molar-refractivity contribution is 0.0695. The molecule has 1 saturated carbocycles. The molecule has 138 valence electrons. The van der Waals surface area contributed by atoms with Gasteiger partial charge in [0, 0.05) is 18.7 Å². The van der Waals surface area contributed by atoms with Crippen LogP contribution in [-0.4, -0.2) is 34.0 Å². The highest BCUT2D eigenvalue weighted by Gasteiger charge is 2.40. The zero-order chi connectivity index (χ0) is 18.3. The van der Waals surface area contributed by atoms with Crippen LogP contribution in [-0.2, 0) is 5.54 Å². The Morgan fingerprint density at radius 2 is 1.96 bits per heavy atom. The van der Waals surface area contributed by atoms with Crippen molar-refractivity contribution in [2.45, 2.75) is 57.4 Å². The summed E-state index contributed by atoms with van der Waals surface area (Å²) >= 11 is 0. The number of likely N-dealkylation sites (tertiary alicyclic amines) is 1. The monoisotopic (exact) mass is 354 g/mol. The van der Waals surface area contributed by atoms with Crippen molar-refractivity contribution in [1.82, 2.24) is 15.0 Å². The summed E-state index contributed by atoms with van der Waals surface area (Å²) in [6.45, 7) is 5.42. The maximum atomic E-state index is 12.9. The van der Waals surface area contributed by atoms with Gasteiger partial charge < -0.3 is 15.2 Å². The Morgan fingerprint density at radius 1 is 1.23 bits per heavy atom. The molecule has 1 atom stereocenters. The average molecular weight is 354 g/mol. The van der Waals surface area contributed by atoms with Gasteiger partial charge in [-0.15, -0.1) is 0 Å². The number of hydrogen-bond donors (Lipinski definition) is 1. The molecule has 1 unspecified atom stereocenters. The first kappa shape index (κ1) is 17.2. The summed E-state index contributed by atoms with van der Waals surface area (Å²) in [4.78, 5) is 19.4. The van der Waals surface area contributed by atoms with Crippen molar-refractivity contribution in [2.24, 2.45) is 5.73 Å². The number of amides is 1. The molecule has 0 spiro atoms. The van der Waals surface area contributed by atoms with Crippen LogP contribution in [0.25, 0.3) is 0 Å². The number of carbonyl (C=O) groups is 1. The minimum Gasteiger partial charge on any atom is -0.339 e. The molecule has 26 heavy (non-hydrogen) atoms. The smallest absolute Gasteiger partial charge is 0.253 e. The SMILES string of the molecule is Cc1cc(C)cc(C(=O)N2CCCC(c3nc(C4(N)CCC4)no3)C2)c1. The fourth-order valence-corrected chi connectivity index (χ4v) is 4.03. The maximum absolute atomic E-state index is 12.9. The third-order valence-electron chi connectivity index (χ3n) is 5.66. The van der Waals surface area contributed by atoms with E-state index in [9.17, 15) is 4.79 Å². The molecule has 0 bridgehead atoms. The van der Waals surface area contributed by atoms with E-state index in [1.54, 1.807) is 0 Å². The maximum Gasteiger partial charge on any atom is 0.253 e. The molecule has 1 aliphatic heterocycles. The molecule has 2 N–H and O–H groups in total. The van der Waals surface area contributed by atoms with Crippen molar-refractivity contribution in [3.8, 4) is 0 Å². The lowest BCUT2D eigenvalue weighted by Gasteiger charge is -2.34. The third kappa shape index (κ3) is 3.14. The van der Waals surface area contributed by atoms with Crippen molar-refractivity contribution in [3.63, 3.8) is 0 Å². The number of carbonyl (C=O) groups excluding carboxylic acids is 1. The van der Waals surface area contributed by atoms with Crippen LogP contribution in [0.2, 0.25) is 0 Å². The first-order chi connectivity index (χ1) is 12.4. The lowest BCUT2D eigenvalue weighted by atomic mass is 9.77. The predicted molar refractivity (Wildman–Crippen MR) is 97.8 cm³/mol. The van der Waals surface area contributed by atoms with Gasteiger partial charge in [0.25, 0.3) is 5.91 Å². The van der Waals surface area contributed by atoms with Gasteiger partial charge in [-0.3, -0.25) is 4.79 Å². The van der Waals surface area contributed by atoms with Crippen molar-refractivity contribution >= 4 is 5.91 Å². The summed E-state index contributed by atoms with van der Waals surface area (Å²) in [5, 5.41) is 4.12. The summed E-state index contributed by atoms with van der Waals surface area (Å²) < 4.78 is 5.52. The van der Waals surface area contributed by atoms with Crippen molar-refractivity contribution in [2.75, 3.05) is 13.1 Å². The van der Waals surface area contributed by atoms with Crippen molar-refractivity contribution in [1.29, 1.82) is 0 Å².